The fourth-order valence-corrected chi connectivity index (χ4v) is 4.05. The molecule has 3 rings (SSSR count). The van der Waals surface area contributed by atoms with Crippen LogP contribution in [0.25, 0.3) is 0 Å². The molecule has 1 aromatic carbocycles. The summed E-state index contributed by atoms with van der Waals surface area (Å²) in [5.74, 6) is -0.324. The smallest absolute Gasteiger partial charge is 0.227 e. The Morgan fingerprint density at radius 2 is 2.03 bits per heavy atom. The number of benzene rings is 1. The van der Waals surface area contributed by atoms with Gasteiger partial charge in [-0.15, -0.1) is 11.8 Å². The first-order chi connectivity index (χ1) is 14.6. The summed E-state index contributed by atoms with van der Waals surface area (Å²) in [7, 11) is 0. The minimum atomic E-state index is -0.447. The Bertz CT molecular complexity index is 831. The van der Waals surface area contributed by atoms with Crippen molar-refractivity contribution in [1.29, 1.82) is 0 Å². The second-order valence-corrected chi connectivity index (χ2v) is 8.15. The van der Waals surface area contributed by atoms with Crippen molar-refractivity contribution in [2.24, 2.45) is 5.92 Å². The second-order valence-electron chi connectivity index (χ2n) is 7.04. The number of pyridine rings is 1. The van der Waals surface area contributed by atoms with Gasteiger partial charge >= 0.3 is 0 Å². The van der Waals surface area contributed by atoms with Gasteiger partial charge in [0.25, 0.3) is 0 Å². The quantitative estimate of drug-likeness (QED) is 0.618. The number of halogens is 1. The molecular formula is C22H26FN3O3S. The molecule has 6 nitrogen and oxygen atoms in total. The molecule has 1 aromatic heterocycles. The molecule has 2 aromatic rings. The predicted molar refractivity (Wildman–Crippen MR) is 114 cm³/mol. The zero-order valence-electron chi connectivity index (χ0n) is 16.8. The van der Waals surface area contributed by atoms with Crippen LogP contribution in [0.3, 0.4) is 0 Å². The van der Waals surface area contributed by atoms with Crippen LogP contribution in [0.5, 0.6) is 0 Å². The topological polar surface area (TPSA) is 71.5 Å². The number of carbonyl (C=O) groups excluding carboxylic acids is 2. The van der Waals surface area contributed by atoms with Gasteiger partial charge in [0, 0.05) is 38.0 Å². The van der Waals surface area contributed by atoms with Gasteiger partial charge < -0.3 is 15.0 Å². The van der Waals surface area contributed by atoms with E-state index in [1.807, 2.05) is 18.2 Å². The van der Waals surface area contributed by atoms with Crippen LogP contribution in [-0.2, 0) is 20.7 Å². The molecule has 1 aliphatic rings. The van der Waals surface area contributed by atoms with Crippen LogP contribution in [0.1, 0.15) is 12.0 Å². The zero-order valence-corrected chi connectivity index (χ0v) is 17.6. The van der Waals surface area contributed by atoms with Crippen LogP contribution < -0.4 is 5.32 Å². The molecule has 30 heavy (non-hydrogen) atoms. The Kier molecular flexibility index (Phi) is 8.65. The van der Waals surface area contributed by atoms with Crippen molar-refractivity contribution in [3.05, 3.63) is 60.0 Å². The van der Waals surface area contributed by atoms with Gasteiger partial charge in [-0.25, -0.2) is 9.37 Å². The molecule has 1 N–H and O–H groups in total. The third-order valence-electron chi connectivity index (χ3n) is 4.81. The van der Waals surface area contributed by atoms with E-state index in [2.05, 4.69) is 10.3 Å². The van der Waals surface area contributed by atoms with Crippen LogP contribution in [-0.4, -0.2) is 60.3 Å². The van der Waals surface area contributed by atoms with Crippen molar-refractivity contribution in [2.45, 2.75) is 17.9 Å². The number of carbonyl (C=O) groups is 2. The predicted octanol–water partition coefficient (Wildman–Crippen LogP) is 2.54. The summed E-state index contributed by atoms with van der Waals surface area (Å²) in [6, 6.07) is 11.9. The molecule has 1 saturated heterocycles. The van der Waals surface area contributed by atoms with Gasteiger partial charge in [0.15, 0.2) is 0 Å². The first kappa shape index (κ1) is 22.2. The lowest BCUT2D eigenvalue weighted by atomic mass is 9.97. The van der Waals surface area contributed by atoms with E-state index >= 15 is 0 Å². The van der Waals surface area contributed by atoms with Crippen molar-refractivity contribution in [1.82, 2.24) is 15.2 Å². The molecule has 8 heteroatoms. The summed E-state index contributed by atoms with van der Waals surface area (Å²) in [4.78, 5) is 31.3. The SMILES string of the molecule is O=C(CCSc1ccccn1)NC[C@H](Cc1cccc(F)c1)C(=O)N1CCOCC1. The van der Waals surface area contributed by atoms with Crippen LogP contribution in [0.4, 0.5) is 4.39 Å². The fraction of sp³-hybridized carbons (Fsp3) is 0.409. The van der Waals surface area contributed by atoms with Crippen LogP contribution in [0, 0.1) is 11.7 Å². The van der Waals surface area contributed by atoms with E-state index in [4.69, 9.17) is 4.74 Å². The summed E-state index contributed by atoms with van der Waals surface area (Å²) in [6.07, 6.45) is 2.42. The van der Waals surface area contributed by atoms with Gasteiger partial charge in [0.1, 0.15) is 5.82 Å². The highest BCUT2D eigenvalue weighted by Gasteiger charge is 2.26. The summed E-state index contributed by atoms with van der Waals surface area (Å²) >= 11 is 1.51. The maximum Gasteiger partial charge on any atom is 0.227 e. The number of thioether (sulfide) groups is 1. The molecule has 2 amide bonds. The third-order valence-corrected chi connectivity index (χ3v) is 5.75. The number of ether oxygens (including phenoxy) is 1. The number of aromatic nitrogens is 1. The van der Waals surface area contributed by atoms with E-state index in [0.29, 0.717) is 44.9 Å². The second kappa shape index (κ2) is 11.7. The molecule has 160 valence electrons. The first-order valence-corrected chi connectivity index (χ1v) is 11.0. The number of nitrogens with zero attached hydrogens (tertiary/aromatic N) is 2. The highest BCUT2D eigenvalue weighted by molar-refractivity contribution is 7.99. The number of rotatable bonds is 9. The molecule has 0 aliphatic carbocycles. The largest absolute Gasteiger partial charge is 0.378 e. The minimum Gasteiger partial charge on any atom is -0.378 e. The average molecular weight is 432 g/mol. The molecule has 0 unspecified atom stereocenters. The molecule has 1 fully saturated rings. The Morgan fingerprint density at radius 3 is 2.77 bits per heavy atom. The summed E-state index contributed by atoms with van der Waals surface area (Å²) in [5.41, 5.74) is 0.738. The number of amides is 2. The van der Waals surface area contributed by atoms with Crippen molar-refractivity contribution in [3.8, 4) is 0 Å². The maximum atomic E-state index is 13.6. The van der Waals surface area contributed by atoms with Gasteiger partial charge in [-0.2, -0.15) is 0 Å². The molecule has 0 spiro atoms. The summed E-state index contributed by atoms with van der Waals surface area (Å²) < 4.78 is 18.9. The number of nitrogens with one attached hydrogen (secondary N) is 1. The monoisotopic (exact) mass is 431 g/mol. The lowest BCUT2D eigenvalue weighted by molar-refractivity contribution is -0.139. The van der Waals surface area contributed by atoms with Crippen molar-refractivity contribution in [3.63, 3.8) is 0 Å². The Balaban J connectivity index is 1.54. The first-order valence-electron chi connectivity index (χ1n) is 10.0. The Labute approximate surface area is 180 Å². The molecule has 2 heterocycles. The number of morpholine rings is 1. The van der Waals surface area contributed by atoms with Crippen molar-refractivity contribution < 1.29 is 18.7 Å². The molecular weight excluding hydrogens is 405 g/mol. The van der Waals surface area contributed by atoms with Gasteiger partial charge in [-0.05, 0) is 36.2 Å². The van der Waals surface area contributed by atoms with E-state index in [9.17, 15) is 14.0 Å². The number of hydrogen-bond acceptors (Lipinski definition) is 5. The fourth-order valence-electron chi connectivity index (χ4n) is 3.24. The van der Waals surface area contributed by atoms with Gasteiger partial charge in [-0.3, -0.25) is 9.59 Å². The van der Waals surface area contributed by atoms with Gasteiger partial charge in [0.2, 0.25) is 11.8 Å². The van der Waals surface area contributed by atoms with E-state index in [1.165, 1.54) is 23.9 Å². The van der Waals surface area contributed by atoms with Gasteiger partial charge in [-0.1, -0.05) is 18.2 Å². The lowest BCUT2D eigenvalue weighted by Gasteiger charge is -2.30. The highest BCUT2D eigenvalue weighted by atomic mass is 32.2. The van der Waals surface area contributed by atoms with Crippen molar-refractivity contribution >= 4 is 23.6 Å². The normalized spacial score (nSPS) is 14.9. The Morgan fingerprint density at radius 1 is 1.20 bits per heavy atom. The van der Waals surface area contributed by atoms with Gasteiger partial charge in [0.05, 0.1) is 24.2 Å². The van der Waals surface area contributed by atoms with E-state index < -0.39 is 5.92 Å². The van der Waals surface area contributed by atoms with E-state index in [0.717, 1.165) is 10.6 Å². The molecule has 1 atom stereocenters. The van der Waals surface area contributed by atoms with Crippen LogP contribution in [0.2, 0.25) is 0 Å². The van der Waals surface area contributed by atoms with Crippen molar-refractivity contribution in [2.75, 3.05) is 38.6 Å². The molecule has 1 aliphatic heterocycles. The lowest BCUT2D eigenvalue weighted by Crippen LogP contribution is -2.47. The zero-order chi connectivity index (χ0) is 21.2. The summed E-state index contributed by atoms with van der Waals surface area (Å²) in [5, 5.41) is 3.75. The number of hydrogen-bond donors (Lipinski definition) is 1. The molecule has 0 radical (unpaired) electrons. The van der Waals surface area contributed by atoms with E-state index in [1.54, 1.807) is 23.2 Å². The maximum absolute atomic E-state index is 13.6. The third kappa shape index (κ3) is 7.11. The minimum absolute atomic E-state index is 0.0364. The van der Waals surface area contributed by atoms with Crippen LogP contribution in [0.15, 0.2) is 53.7 Å². The average Bonchev–Trinajstić information content (AvgIpc) is 2.77. The Hall–Kier alpha value is -2.45. The standard InChI is InChI=1S/C22H26FN3O3S/c23-19-5-3-4-17(15-19)14-18(22(28)26-9-11-29-12-10-26)16-25-20(27)7-13-30-21-6-1-2-8-24-21/h1-6,8,15,18H,7,9-14,16H2,(H,25,27)/t18-/m0/s1. The van der Waals surface area contributed by atoms with E-state index in [-0.39, 0.29) is 24.2 Å². The molecule has 0 saturated carbocycles. The summed E-state index contributed by atoms with van der Waals surface area (Å²) in [6.45, 7) is 2.31. The van der Waals surface area contributed by atoms with Crippen LogP contribution >= 0.6 is 11.8 Å². The molecule has 0 bridgehead atoms. The highest BCUT2D eigenvalue weighted by Crippen LogP contribution is 2.16.